The fourth-order valence-electron chi connectivity index (χ4n) is 0.835. The molecular weight excluding hydrogens is 226 g/mol. The lowest BCUT2D eigenvalue weighted by molar-refractivity contribution is -0.131. The van der Waals surface area contributed by atoms with Gasteiger partial charge in [-0.05, 0) is 0 Å². The van der Waals surface area contributed by atoms with Crippen molar-refractivity contribution >= 4 is 8.80 Å². The molecule has 0 amide bonds. The van der Waals surface area contributed by atoms with Crippen molar-refractivity contribution in [3.63, 3.8) is 0 Å². The van der Waals surface area contributed by atoms with E-state index >= 15 is 0 Å². The van der Waals surface area contributed by atoms with E-state index in [2.05, 4.69) is 0 Å². The Morgan fingerprint density at radius 3 is 1.29 bits per heavy atom. The Kier molecular flexibility index (Phi) is 4.97. The van der Waals surface area contributed by atoms with Crippen LogP contribution in [0, 0.1) is 0 Å². The van der Waals surface area contributed by atoms with Gasteiger partial charge in [-0.25, -0.2) is 0 Å². The minimum Gasteiger partial charge on any atom is -0.171 e. The van der Waals surface area contributed by atoms with Crippen LogP contribution in [0.15, 0.2) is 0 Å². The summed E-state index contributed by atoms with van der Waals surface area (Å²) in [6, 6.07) is -0.269. The molecule has 0 aromatic heterocycles. The monoisotopic (exact) mass is 237 g/mol. The molecule has 0 aromatic carbocycles. The molecule has 0 N–H and O–H groups in total. The van der Waals surface area contributed by atoms with Crippen molar-refractivity contribution in [1.29, 1.82) is 0 Å². The van der Waals surface area contributed by atoms with Gasteiger partial charge in [-0.15, -0.1) is 0 Å². The van der Waals surface area contributed by atoms with Crippen LogP contribution in [0.1, 0.15) is 12.8 Å². The standard InChI is InChI=1S/C7H11F6Si/c1-14(4-2-6(8,9)10)5-3-7(11,12)13/h2-5H2,1H3. The molecule has 0 aliphatic rings. The lowest BCUT2D eigenvalue weighted by atomic mass is 10.5. The van der Waals surface area contributed by atoms with Gasteiger partial charge in [-0.3, -0.25) is 0 Å². The summed E-state index contributed by atoms with van der Waals surface area (Å²) in [5.74, 6) is 0. The Hall–Kier alpha value is -0.203. The zero-order valence-electron chi connectivity index (χ0n) is 7.60. The summed E-state index contributed by atoms with van der Waals surface area (Å²) in [6.45, 7) is 1.50. The summed E-state index contributed by atoms with van der Waals surface area (Å²) in [5, 5.41) is 0. The van der Waals surface area contributed by atoms with Crippen LogP contribution in [0.4, 0.5) is 26.3 Å². The summed E-state index contributed by atoms with van der Waals surface area (Å²) in [6.07, 6.45) is -10.4. The molecule has 0 rings (SSSR count). The quantitative estimate of drug-likeness (QED) is 0.512. The van der Waals surface area contributed by atoms with Gasteiger partial charge in [0.2, 0.25) is 0 Å². The van der Waals surface area contributed by atoms with Gasteiger partial charge in [-0.1, -0.05) is 18.6 Å². The van der Waals surface area contributed by atoms with Gasteiger partial charge in [0.15, 0.2) is 0 Å². The second kappa shape index (κ2) is 5.04. The minimum atomic E-state index is -4.25. The molecule has 0 saturated carbocycles. The highest BCUT2D eigenvalue weighted by atomic mass is 28.3. The van der Waals surface area contributed by atoms with Crippen molar-refractivity contribution in [2.24, 2.45) is 0 Å². The van der Waals surface area contributed by atoms with Crippen LogP contribution < -0.4 is 0 Å². The first kappa shape index (κ1) is 13.8. The molecule has 0 aromatic rings. The van der Waals surface area contributed by atoms with E-state index in [0.29, 0.717) is 0 Å². The van der Waals surface area contributed by atoms with Gasteiger partial charge in [0, 0.05) is 21.6 Å². The van der Waals surface area contributed by atoms with Crippen molar-refractivity contribution in [1.82, 2.24) is 0 Å². The van der Waals surface area contributed by atoms with Crippen LogP contribution in [-0.4, -0.2) is 21.1 Å². The average molecular weight is 237 g/mol. The summed E-state index contributed by atoms with van der Waals surface area (Å²) >= 11 is 0. The molecule has 0 heterocycles. The van der Waals surface area contributed by atoms with Gasteiger partial charge in [0.25, 0.3) is 0 Å². The lowest BCUT2D eigenvalue weighted by Crippen LogP contribution is -2.17. The van der Waals surface area contributed by atoms with Crippen LogP contribution in [0.25, 0.3) is 0 Å². The van der Waals surface area contributed by atoms with E-state index in [1.165, 1.54) is 6.55 Å². The molecule has 0 atom stereocenters. The van der Waals surface area contributed by atoms with E-state index in [0.717, 1.165) is 0 Å². The van der Waals surface area contributed by atoms with E-state index < -0.39 is 34.0 Å². The summed E-state index contributed by atoms with van der Waals surface area (Å²) in [5.41, 5.74) is 0. The maximum atomic E-state index is 11.7. The first-order chi connectivity index (χ1) is 6.10. The Morgan fingerprint density at radius 1 is 0.786 bits per heavy atom. The Bertz CT molecular complexity index is 143. The van der Waals surface area contributed by atoms with Crippen LogP contribution in [0.5, 0.6) is 0 Å². The van der Waals surface area contributed by atoms with Crippen molar-refractivity contribution in [2.45, 2.75) is 43.8 Å². The number of alkyl halides is 6. The Labute approximate surface area is 79.9 Å². The van der Waals surface area contributed by atoms with Gasteiger partial charge in [0.1, 0.15) is 0 Å². The Morgan fingerprint density at radius 2 is 1.07 bits per heavy atom. The second-order valence-corrected chi connectivity index (χ2v) is 6.10. The third kappa shape index (κ3) is 9.88. The van der Waals surface area contributed by atoms with Gasteiger partial charge < -0.3 is 0 Å². The zero-order chi connectivity index (χ0) is 11.4. The largest absolute Gasteiger partial charge is 0.388 e. The minimum absolute atomic E-state index is 0.135. The van der Waals surface area contributed by atoms with E-state index in [1.807, 2.05) is 0 Å². The molecule has 0 fully saturated rings. The predicted octanol–water partition coefficient (Wildman–Crippen LogP) is 4.02. The molecule has 0 aliphatic carbocycles. The van der Waals surface area contributed by atoms with Crippen LogP contribution in [-0.2, 0) is 0 Å². The number of hydrogen-bond donors (Lipinski definition) is 0. The number of rotatable bonds is 4. The van der Waals surface area contributed by atoms with E-state index in [4.69, 9.17) is 0 Å². The van der Waals surface area contributed by atoms with Gasteiger partial charge in [-0.2, -0.15) is 26.3 Å². The molecular formula is C7H11F6Si. The molecule has 0 spiro atoms. The third-order valence-electron chi connectivity index (χ3n) is 1.67. The molecule has 1 radical (unpaired) electrons. The highest BCUT2D eigenvalue weighted by molar-refractivity contribution is 6.57. The van der Waals surface area contributed by atoms with Crippen LogP contribution in [0.2, 0.25) is 18.6 Å². The summed E-state index contributed by atoms with van der Waals surface area (Å²) in [7, 11) is -1.50. The van der Waals surface area contributed by atoms with Gasteiger partial charge >= 0.3 is 12.4 Å². The van der Waals surface area contributed by atoms with Crippen molar-refractivity contribution < 1.29 is 26.3 Å². The fraction of sp³-hybridized carbons (Fsp3) is 1.00. The van der Waals surface area contributed by atoms with Crippen LogP contribution in [0.3, 0.4) is 0 Å². The number of halogens is 6. The topological polar surface area (TPSA) is 0 Å². The maximum Gasteiger partial charge on any atom is 0.388 e. The van der Waals surface area contributed by atoms with E-state index in [9.17, 15) is 26.3 Å². The highest BCUT2D eigenvalue weighted by Crippen LogP contribution is 2.27. The summed E-state index contributed by atoms with van der Waals surface area (Å²) < 4.78 is 70.1. The predicted molar refractivity (Wildman–Crippen MR) is 42.6 cm³/mol. The highest BCUT2D eigenvalue weighted by Gasteiger charge is 2.30. The van der Waals surface area contributed by atoms with Crippen LogP contribution >= 0.6 is 0 Å². The fourth-order valence-corrected chi connectivity index (χ4v) is 2.51. The van der Waals surface area contributed by atoms with Crippen molar-refractivity contribution in [3.05, 3.63) is 0 Å². The molecule has 0 aliphatic heterocycles. The number of hydrogen-bond acceptors (Lipinski definition) is 0. The normalized spacial score (nSPS) is 13.7. The average Bonchev–Trinajstić information content (AvgIpc) is 1.94. The second-order valence-electron chi connectivity index (χ2n) is 3.19. The molecule has 0 unspecified atom stereocenters. The van der Waals surface area contributed by atoms with E-state index in [-0.39, 0.29) is 12.1 Å². The van der Waals surface area contributed by atoms with E-state index in [1.54, 1.807) is 0 Å². The van der Waals surface area contributed by atoms with Crippen molar-refractivity contribution in [3.8, 4) is 0 Å². The third-order valence-corrected chi connectivity index (χ3v) is 3.88. The summed E-state index contributed by atoms with van der Waals surface area (Å²) in [4.78, 5) is 0. The zero-order valence-corrected chi connectivity index (χ0v) is 8.60. The van der Waals surface area contributed by atoms with Crippen molar-refractivity contribution in [2.75, 3.05) is 0 Å². The lowest BCUT2D eigenvalue weighted by Gasteiger charge is -2.12. The molecule has 7 heteroatoms. The van der Waals surface area contributed by atoms with Gasteiger partial charge in [0.05, 0.1) is 0 Å². The first-order valence-corrected chi connectivity index (χ1v) is 6.46. The molecule has 0 bridgehead atoms. The Balaban J connectivity index is 3.62. The SMILES string of the molecule is C[Si](CCC(F)(F)F)CCC(F)(F)F. The molecule has 85 valence electrons. The molecule has 14 heavy (non-hydrogen) atoms. The first-order valence-electron chi connectivity index (χ1n) is 4.05. The smallest absolute Gasteiger partial charge is 0.171 e. The maximum absolute atomic E-state index is 11.7. The molecule has 0 nitrogen and oxygen atoms in total. The molecule has 0 saturated heterocycles.